The van der Waals surface area contributed by atoms with Crippen LogP contribution in [-0.2, 0) is 0 Å². The summed E-state index contributed by atoms with van der Waals surface area (Å²) in [5.74, 6) is 0.122. The van der Waals surface area contributed by atoms with Crippen molar-refractivity contribution in [1.29, 1.82) is 0 Å². The third kappa shape index (κ3) is 2.27. The van der Waals surface area contributed by atoms with E-state index in [-0.39, 0.29) is 11.3 Å². The number of rotatable bonds is 2. The highest BCUT2D eigenvalue weighted by atomic mass is 16.3. The Kier molecular flexibility index (Phi) is 2.91. The van der Waals surface area contributed by atoms with Gasteiger partial charge >= 0.3 is 0 Å². The van der Waals surface area contributed by atoms with Gasteiger partial charge in [-0.2, -0.15) is 0 Å². The highest BCUT2D eigenvalue weighted by molar-refractivity contribution is 5.19. The molecule has 0 saturated carbocycles. The molecule has 0 amide bonds. The van der Waals surface area contributed by atoms with Crippen molar-refractivity contribution in [2.45, 2.75) is 46.1 Å². The van der Waals surface area contributed by atoms with Gasteiger partial charge < -0.3 is 5.11 Å². The van der Waals surface area contributed by atoms with Crippen LogP contribution in [0.15, 0.2) is 24.3 Å². The molecule has 1 N–H and O–H groups in total. The molecule has 1 nitrogen and oxygen atoms in total. The largest absolute Gasteiger partial charge is 0.385 e. The predicted octanol–water partition coefficient (Wildman–Crippen LogP) is 3.31. The minimum atomic E-state index is -0.687. The fourth-order valence-electron chi connectivity index (χ4n) is 2.61. The Bertz CT molecular complexity index is 262. The van der Waals surface area contributed by atoms with E-state index in [4.69, 9.17) is 0 Å². The molecule has 14 heavy (non-hydrogen) atoms. The third-order valence-corrected chi connectivity index (χ3v) is 3.16. The van der Waals surface area contributed by atoms with E-state index in [0.717, 1.165) is 12.8 Å². The Balaban J connectivity index is 3.00. The summed E-state index contributed by atoms with van der Waals surface area (Å²) in [6, 6.07) is 0. The molecule has 0 aromatic rings. The van der Waals surface area contributed by atoms with Gasteiger partial charge in [0.05, 0.1) is 5.60 Å². The molecule has 2 atom stereocenters. The minimum Gasteiger partial charge on any atom is -0.385 e. The minimum absolute atomic E-state index is 0.122. The molecular formula is C13H22O. The first-order valence-electron chi connectivity index (χ1n) is 5.32. The van der Waals surface area contributed by atoms with E-state index in [0.29, 0.717) is 0 Å². The van der Waals surface area contributed by atoms with Gasteiger partial charge in [-0.3, -0.25) is 0 Å². The maximum atomic E-state index is 10.5. The first kappa shape index (κ1) is 11.5. The summed E-state index contributed by atoms with van der Waals surface area (Å²) in [4.78, 5) is 0. The molecule has 0 heterocycles. The second kappa shape index (κ2) is 3.54. The fraction of sp³-hybridized carbons (Fsp3) is 0.692. The van der Waals surface area contributed by atoms with Gasteiger partial charge in [-0.1, -0.05) is 38.5 Å². The third-order valence-electron chi connectivity index (χ3n) is 3.16. The summed E-state index contributed by atoms with van der Waals surface area (Å²) >= 11 is 0. The molecule has 0 unspecified atom stereocenters. The lowest BCUT2D eigenvalue weighted by molar-refractivity contribution is 0.00182. The van der Waals surface area contributed by atoms with E-state index in [1.54, 1.807) is 0 Å². The molecule has 0 saturated heterocycles. The van der Waals surface area contributed by atoms with Crippen LogP contribution in [-0.4, -0.2) is 10.7 Å². The number of allylic oxidation sites excluding steroid dienone is 1. The summed E-state index contributed by atoms with van der Waals surface area (Å²) in [6.07, 6.45) is 5.76. The Labute approximate surface area is 87.5 Å². The zero-order valence-electron chi connectivity index (χ0n) is 9.80. The molecule has 1 rings (SSSR count). The van der Waals surface area contributed by atoms with Crippen LogP contribution in [0.25, 0.3) is 0 Å². The maximum absolute atomic E-state index is 10.5. The molecule has 1 heteroatoms. The summed E-state index contributed by atoms with van der Waals surface area (Å²) in [6.45, 7) is 12.3. The first-order chi connectivity index (χ1) is 6.29. The molecule has 80 valence electrons. The molecule has 0 aliphatic heterocycles. The average molecular weight is 194 g/mol. The molecule has 0 fully saturated rings. The molecular weight excluding hydrogens is 172 g/mol. The second-order valence-electron chi connectivity index (χ2n) is 5.52. The lowest BCUT2D eigenvalue weighted by atomic mass is 9.67. The van der Waals surface area contributed by atoms with Gasteiger partial charge in [0.2, 0.25) is 0 Å². The average Bonchev–Trinajstić information content (AvgIpc) is 1.98. The zero-order valence-corrected chi connectivity index (χ0v) is 9.80. The van der Waals surface area contributed by atoms with Crippen LogP contribution < -0.4 is 0 Å². The first-order valence-corrected chi connectivity index (χ1v) is 5.32. The van der Waals surface area contributed by atoms with Crippen molar-refractivity contribution in [3.8, 4) is 0 Å². The van der Waals surface area contributed by atoms with Crippen LogP contribution in [0.2, 0.25) is 0 Å². The van der Waals surface area contributed by atoms with Crippen LogP contribution in [0, 0.1) is 11.3 Å². The highest BCUT2D eigenvalue weighted by Gasteiger charge is 2.39. The number of hydrogen-bond acceptors (Lipinski definition) is 1. The van der Waals surface area contributed by atoms with E-state index in [2.05, 4.69) is 27.4 Å². The fourth-order valence-corrected chi connectivity index (χ4v) is 2.61. The SMILES string of the molecule is C=C[C@@H](C)[C@]1(O)C=C(C)CC(C)(C)C1. The van der Waals surface area contributed by atoms with Crippen molar-refractivity contribution < 1.29 is 5.11 Å². The van der Waals surface area contributed by atoms with Crippen LogP contribution in [0.3, 0.4) is 0 Å². The van der Waals surface area contributed by atoms with Gasteiger partial charge in [0.15, 0.2) is 0 Å². The highest BCUT2D eigenvalue weighted by Crippen LogP contribution is 2.43. The Morgan fingerprint density at radius 1 is 1.57 bits per heavy atom. The van der Waals surface area contributed by atoms with E-state index in [9.17, 15) is 5.11 Å². The quantitative estimate of drug-likeness (QED) is 0.669. The molecule has 1 aliphatic carbocycles. The van der Waals surface area contributed by atoms with Crippen LogP contribution >= 0.6 is 0 Å². The van der Waals surface area contributed by atoms with Gasteiger partial charge in [0, 0.05) is 5.92 Å². The number of hydrogen-bond donors (Lipinski definition) is 1. The van der Waals surface area contributed by atoms with Crippen molar-refractivity contribution >= 4 is 0 Å². The lowest BCUT2D eigenvalue weighted by Gasteiger charge is -2.42. The van der Waals surface area contributed by atoms with E-state index in [1.807, 2.05) is 19.1 Å². The zero-order chi connectivity index (χ0) is 11.0. The van der Waals surface area contributed by atoms with Crippen LogP contribution in [0.4, 0.5) is 0 Å². The van der Waals surface area contributed by atoms with Crippen molar-refractivity contribution in [2.75, 3.05) is 0 Å². The lowest BCUT2D eigenvalue weighted by Crippen LogP contribution is -2.41. The monoisotopic (exact) mass is 194 g/mol. The van der Waals surface area contributed by atoms with Crippen molar-refractivity contribution in [3.05, 3.63) is 24.3 Å². The summed E-state index contributed by atoms with van der Waals surface area (Å²) in [5.41, 5.74) is 0.802. The Hall–Kier alpha value is -0.560. The van der Waals surface area contributed by atoms with E-state index in [1.165, 1.54) is 5.57 Å². The summed E-state index contributed by atoms with van der Waals surface area (Å²) < 4.78 is 0. The van der Waals surface area contributed by atoms with Gasteiger partial charge in [0.25, 0.3) is 0 Å². The smallest absolute Gasteiger partial charge is 0.0894 e. The molecule has 0 spiro atoms. The molecule has 0 radical (unpaired) electrons. The molecule has 0 aromatic heterocycles. The van der Waals surface area contributed by atoms with Gasteiger partial charge in [0.1, 0.15) is 0 Å². The standard InChI is InChI=1S/C13H22O/c1-6-11(3)13(14)8-10(2)7-12(4,5)9-13/h6,8,11,14H,1,7,9H2,2-5H3/t11-,13+/m1/s1. The van der Waals surface area contributed by atoms with Crippen molar-refractivity contribution in [2.24, 2.45) is 11.3 Å². The topological polar surface area (TPSA) is 20.2 Å². The van der Waals surface area contributed by atoms with Crippen LogP contribution in [0.5, 0.6) is 0 Å². The summed E-state index contributed by atoms with van der Waals surface area (Å²) in [7, 11) is 0. The summed E-state index contributed by atoms with van der Waals surface area (Å²) in [5, 5.41) is 10.5. The Morgan fingerprint density at radius 3 is 2.57 bits per heavy atom. The van der Waals surface area contributed by atoms with Crippen molar-refractivity contribution in [1.82, 2.24) is 0 Å². The Morgan fingerprint density at radius 2 is 2.14 bits per heavy atom. The van der Waals surface area contributed by atoms with Gasteiger partial charge in [-0.25, -0.2) is 0 Å². The van der Waals surface area contributed by atoms with Gasteiger partial charge in [-0.15, -0.1) is 6.58 Å². The van der Waals surface area contributed by atoms with E-state index < -0.39 is 5.60 Å². The normalized spacial score (nSPS) is 33.4. The predicted molar refractivity (Wildman–Crippen MR) is 61.1 cm³/mol. The molecule has 1 aliphatic rings. The second-order valence-corrected chi connectivity index (χ2v) is 5.52. The van der Waals surface area contributed by atoms with Crippen molar-refractivity contribution in [3.63, 3.8) is 0 Å². The molecule has 0 aromatic carbocycles. The molecule has 0 bridgehead atoms. The van der Waals surface area contributed by atoms with Crippen LogP contribution in [0.1, 0.15) is 40.5 Å². The number of aliphatic hydroxyl groups is 1. The van der Waals surface area contributed by atoms with E-state index >= 15 is 0 Å². The maximum Gasteiger partial charge on any atom is 0.0894 e. The van der Waals surface area contributed by atoms with Gasteiger partial charge in [-0.05, 0) is 25.2 Å².